The van der Waals surface area contributed by atoms with Crippen LogP contribution in [-0.2, 0) is 6.61 Å². The van der Waals surface area contributed by atoms with E-state index in [9.17, 15) is 5.11 Å². The van der Waals surface area contributed by atoms with Crippen LogP contribution in [0, 0.1) is 0 Å². The van der Waals surface area contributed by atoms with Crippen LogP contribution < -0.4 is 0 Å². The minimum atomic E-state index is -0.0754. The van der Waals surface area contributed by atoms with Crippen molar-refractivity contribution in [1.82, 2.24) is 19.6 Å². The Morgan fingerprint density at radius 1 is 1.12 bits per heavy atom. The molecule has 3 aromatic heterocycles. The van der Waals surface area contributed by atoms with Crippen molar-refractivity contribution in [2.45, 2.75) is 6.61 Å². The van der Waals surface area contributed by atoms with E-state index in [4.69, 9.17) is 0 Å². The van der Waals surface area contributed by atoms with Gasteiger partial charge >= 0.3 is 0 Å². The van der Waals surface area contributed by atoms with E-state index >= 15 is 0 Å². The Morgan fingerprint density at radius 2 is 1.94 bits per heavy atom. The van der Waals surface area contributed by atoms with E-state index in [1.807, 2.05) is 24.3 Å². The van der Waals surface area contributed by atoms with Crippen molar-refractivity contribution >= 4 is 5.65 Å². The zero-order valence-electron chi connectivity index (χ0n) is 8.98. The third-order valence-corrected chi connectivity index (χ3v) is 2.57. The SMILES string of the molecule is OCc1cnc2ccc(-c3ccncc3)nn12. The molecule has 5 nitrogen and oxygen atoms in total. The summed E-state index contributed by atoms with van der Waals surface area (Å²) in [5, 5.41) is 13.6. The minimum Gasteiger partial charge on any atom is -0.390 e. The van der Waals surface area contributed by atoms with Crippen molar-refractivity contribution in [3.8, 4) is 11.3 Å². The Hall–Kier alpha value is -2.27. The first-order valence-corrected chi connectivity index (χ1v) is 5.23. The van der Waals surface area contributed by atoms with Gasteiger partial charge < -0.3 is 5.11 Å². The second kappa shape index (κ2) is 3.95. The summed E-state index contributed by atoms with van der Waals surface area (Å²) in [5.41, 5.74) is 3.22. The predicted octanol–water partition coefficient (Wildman–Crippen LogP) is 1.28. The van der Waals surface area contributed by atoms with Crippen LogP contribution in [0.1, 0.15) is 5.69 Å². The summed E-state index contributed by atoms with van der Waals surface area (Å²) in [6.45, 7) is -0.0754. The molecule has 0 aliphatic heterocycles. The van der Waals surface area contributed by atoms with Crippen LogP contribution in [0.15, 0.2) is 42.9 Å². The second-order valence-electron chi connectivity index (χ2n) is 3.63. The van der Waals surface area contributed by atoms with Crippen molar-refractivity contribution in [3.05, 3.63) is 48.5 Å². The summed E-state index contributed by atoms with van der Waals surface area (Å²) < 4.78 is 1.65. The van der Waals surface area contributed by atoms with Gasteiger partial charge in [0.05, 0.1) is 24.2 Å². The molecule has 3 aromatic rings. The number of aromatic nitrogens is 4. The molecule has 0 spiro atoms. The summed E-state index contributed by atoms with van der Waals surface area (Å²) in [5.74, 6) is 0. The van der Waals surface area contributed by atoms with Gasteiger partial charge in [0, 0.05) is 18.0 Å². The van der Waals surface area contributed by atoms with Gasteiger partial charge in [0.25, 0.3) is 0 Å². The summed E-state index contributed by atoms with van der Waals surface area (Å²) in [6.07, 6.45) is 5.07. The van der Waals surface area contributed by atoms with E-state index < -0.39 is 0 Å². The smallest absolute Gasteiger partial charge is 0.153 e. The molecule has 0 aliphatic carbocycles. The normalized spacial score (nSPS) is 10.9. The van der Waals surface area contributed by atoms with Crippen LogP contribution >= 0.6 is 0 Å². The van der Waals surface area contributed by atoms with E-state index in [0.29, 0.717) is 5.69 Å². The molecule has 5 heteroatoms. The highest BCUT2D eigenvalue weighted by atomic mass is 16.3. The third-order valence-electron chi connectivity index (χ3n) is 2.57. The van der Waals surface area contributed by atoms with Crippen molar-refractivity contribution < 1.29 is 5.11 Å². The first kappa shape index (κ1) is 9.92. The lowest BCUT2D eigenvalue weighted by Gasteiger charge is -2.02. The fraction of sp³-hybridized carbons (Fsp3) is 0.0833. The summed E-state index contributed by atoms with van der Waals surface area (Å²) in [7, 11) is 0. The first-order valence-electron chi connectivity index (χ1n) is 5.23. The zero-order valence-corrected chi connectivity index (χ0v) is 8.98. The number of hydrogen-bond acceptors (Lipinski definition) is 4. The Morgan fingerprint density at radius 3 is 2.71 bits per heavy atom. The molecular weight excluding hydrogens is 216 g/mol. The molecule has 0 saturated heterocycles. The average molecular weight is 226 g/mol. The van der Waals surface area contributed by atoms with Crippen molar-refractivity contribution in [1.29, 1.82) is 0 Å². The average Bonchev–Trinajstić information content (AvgIpc) is 2.81. The lowest BCUT2D eigenvalue weighted by molar-refractivity contribution is 0.274. The van der Waals surface area contributed by atoms with E-state index in [2.05, 4.69) is 15.1 Å². The van der Waals surface area contributed by atoms with Gasteiger partial charge in [0.15, 0.2) is 5.65 Å². The molecule has 1 N–H and O–H groups in total. The maximum atomic E-state index is 9.18. The number of pyridine rings is 1. The molecule has 0 aromatic carbocycles. The van der Waals surface area contributed by atoms with Gasteiger partial charge in [-0.15, -0.1) is 0 Å². The largest absolute Gasteiger partial charge is 0.390 e. The minimum absolute atomic E-state index is 0.0754. The highest BCUT2D eigenvalue weighted by Gasteiger charge is 2.05. The van der Waals surface area contributed by atoms with Gasteiger partial charge in [-0.2, -0.15) is 5.10 Å². The second-order valence-corrected chi connectivity index (χ2v) is 3.63. The van der Waals surface area contributed by atoms with Crippen LogP contribution in [0.4, 0.5) is 0 Å². The van der Waals surface area contributed by atoms with Crippen LogP contribution in [-0.4, -0.2) is 24.7 Å². The molecule has 0 bridgehead atoms. The number of aliphatic hydroxyl groups excluding tert-OH is 1. The fourth-order valence-corrected chi connectivity index (χ4v) is 1.71. The van der Waals surface area contributed by atoms with Gasteiger partial charge in [0.1, 0.15) is 0 Å². The topological polar surface area (TPSA) is 63.3 Å². The number of aliphatic hydroxyl groups is 1. The maximum Gasteiger partial charge on any atom is 0.153 e. The highest BCUT2D eigenvalue weighted by molar-refractivity contribution is 5.59. The van der Waals surface area contributed by atoms with Crippen LogP contribution in [0.5, 0.6) is 0 Å². The quantitative estimate of drug-likeness (QED) is 0.715. The van der Waals surface area contributed by atoms with Crippen LogP contribution in [0.3, 0.4) is 0 Å². The lowest BCUT2D eigenvalue weighted by atomic mass is 10.2. The van der Waals surface area contributed by atoms with Crippen molar-refractivity contribution in [2.24, 2.45) is 0 Å². The molecule has 0 amide bonds. The molecule has 0 unspecified atom stereocenters. The van der Waals surface area contributed by atoms with E-state index in [-0.39, 0.29) is 6.61 Å². The van der Waals surface area contributed by atoms with Gasteiger partial charge in [-0.05, 0) is 24.3 Å². The standard InChI is InChI=1S/C12H10N4O/c17-8-10-7-14-12-2-1-11(15-16(10)12)9-3-5-13-6-4-9/h1-7,17H,8H2. The Kier molecular flexibility index (Phi) is 2.31. The van der Waals surface area contributed by atoms with Gasteiger partial charge in [-0.3, -0.25) is 4.98 Å². The molecule has 0 fully saturated rings. The Labute approximate surface area is 97.4 Å². The molecule has 0 atom stereocenters. The number of rotatable bonds is 2. The molecule has 0 saturated carbocycles. The first-order chi connectivity index (χ1) is 8.38. The number of fused-ring (bicyclic) bond motifs is 1. The monoisotopic (exact) mass is 226 g/mol. The van der Waals surface area contributed by atoms with Crippen molar-refractivity contribution in [2.75, 3.05) is 0 Å². The third kappa shape index (κ3) is 1.66. The molecule has 0 aliphatic rings. The fourth-order valence-electron chi connectivity index (χ4n) is 1.71. The van der Waals surface area contributed by atoms with Crippen molar-refractivity contribution in [3.63, 3.8) is 0 Å². The van der Waals surface area contributed by atoms with Gasteiger partial charge in [0.2, 0.25) is 0 Å². The van der Waals surface area contributed by atoms with Gasteiger partial charge in [-0.25, -0.2) is 9.50 Å². The lowest BCUT2D eigenvalue weighted by Crippen LogP contribution is -1.99. The van der Waals surface area contributed by atoms with E-state index in [0.717, 1.165) is 16.9 Å². The number of hydrogen-bond donors (Lipinski definition) is 1. The molecule has 3 heterocycles. The highest BCUT2D eigenvalue weighted by Crippen LogP contribution is 2.16. The van der Waals surface area contributed by atoms with Gasteiger partial charge in [-0.1, -0.05) is 0 Å². The summed E-state index contributed by atoms with van der Waals surface area (Å²) in [6, 6.07) is 7.56. The Bertz CT molecular complexity index is 648. The number of nitrogens with zero attached hydrogens (tertiary/aromatic N) is 4. The van der Waals surface area contributed by atoms with Crippen LogP contribution in [0.2, 0.25) is 0 Å². The van der Waals surface area contributed by atoms with E-state index in [1.54, 1.807) is 23.1 Å². The summed E-state index contributed by atoms with van der Waals surface area (Å²) in [4.78, 5) is 8.12. The summed E-state index contributed by atoms with van der Waals surface area (Å²) >= 11 is 0. The zero-order chi connectivity index (χ0) is 11.7. The predicted molar refractivity (Wildman–Crippen MR) is 62.1 cm³/mol. The molecule has 17 heavy (non-hydrogen) atoms. The Balaban J connectivity index is 2.19. The molecular formula is C12H10N4O. The molecule has 84 valence electrons. The van der Waals surface area contributed by atoms with Crippen LogP contribution in [0.25, 0.3) is 16.9 Å². The van der Waals surface area contributed by atoms with E-state index in [1.165, 1.54) is 0 Å². The number of imidazole rings is 1. The maximum absolute atomic E-state index is 9.18. The molecule has 3 rings (SSSR count). The molecule has 0 radical (unpaired) electrons.